The van der Waals surface area contributed by atoms with Crippen LogP contribution in [0.15, 0.2) is 30.3 Å². The molecule has 1 amide bonds. The van der Waals surface area contributed by atoms with E-state index < -0.39 is 0 Å². The van der Waals surface area contributed by atoms with Crippen LogP contribution in [0.4, 0.5) is 5.69 Å². The van der Waals surface area contributed by atoms with Crippen LogP contribution in [0.25, 0.3) is 0 Å². The number of carbonyl (C=O) groups is 1. The Labute approximate surface area is 153 Å². The van der Waals surface area contributed by atoms with E-state index in [1.54, 1.807) is 6.07 Å². The van der Waals surface area contributed by atoms with Crippen LogP contribution < -0.4 is 14.8 Å². The highest BCUT2D eigenvalue weighted by molar-refractivity contribution is 5.95. The number of hydrogen-bond acceptors (Lipinski definition) is 5. The fraction of sp³-hybridized carbons (Fsp3) is 0.400. The van der Waals surface area contributed by atoms with Gasteiger partial charge in [-0.3, -0.25) is 9.78 Å². The van der Waals surface area contributed by atoms with Crippen LogP contribution in [0.3, 0.4) is 0 Å². The molecule has 2 aliphatic heterocycles. The normalized spacial score (nSPS) is 18.7. The molecule has 6 heteroatoms. The van der Waals surface area contributed by atoms with Gasteiger partial charge < -0.3 is 19.7 Å². The molecule has 0 spiro atoms. The largest absolute Gasteiger partial charge is 0.486 e. The fourth-order valence-corrected chi connectivity index (χ4v) is 3.59. The summed E-state index contributed by atoms with van der Waals surface area (Å²) in [5.74, 6) is 1.65. The summed E-state index contributed by atoms with van der Waals surface area (Å²) in [5, 5.41) is 3.17. The van der Waals surface area contributed by atoms with Gasteiger partial charge in [-0.15, -0.1) is 0 Å². The summed E-state index contributed by atoms with van der Waals surface area (Å²) < 4.78 is 11.1. The van der Waals surface area contributed by atoms with Crippen molar-refractivity contribution in [1.82, 2.24) is 9.88 Å². The highest BCUT2D eigenvalue weighted by Crippen LogP contribution is 2.33. The first kappa shape index (κ1) is 16.7. The molecule has 1 aromatic heterocycles. The second-order valence-corrected chi connectivity index (χ2v) is 6.77. The van der Waals surface area contributed by atoms with Gasteiger partial charge in [0.05, 0.1) is 0 Å². The first-order valence-electron chi connectivity index (χ1n) is 8.99. The minimum Gasteiger partial charge on any atom is -0.486 e. The molecule has 2 aliphatic rings. The van der Waals surface area contributed by atoms with Crippen molar-refractivity contribution >= 4 is 11.6 Å². The molecule has 136 valence electrons. The number of ether oxygens (including phenoxy) is 2. The van der Waals surface area contributed by atoms with Gasteiger partial charge in [-0.1, -0.05) is 0 Å². The molecule has 3 heterocycles. The summed E-state index contributed by atoms with van der Waals surface area (Å²) in [5.41, 5.74) is 3.74. The van der Waals surface area contributed by atoms with Crippen molar-refractivity contribution in [3.63, 3.8) is 0 Å². The number of hydrogen-bond donors (Lipinski definition) is 1. The van der Waals surface area contributed by atoms with Crippen LogP contribution in [0.1, 0.15) is 34.1 Å². The second-order valence-electron chi connectivity index (χ2n) is 6.77. The number of fused-ring (bicyclic) bond motifs is 1. The molecule has 6 nitrogen and oxygen atoms in total. The molecule has 26 heavy (non-hydrogen) atoms. The zero-order valence-electron chi connectivity index (χ0n) is 15.1. The van der Waals surface area contributed by atoms with E-state index >= 15 is 0 Å². The second kappa shape index (κ2) is 6.86. The molecule has 4 rings (SSSR count). The number of pyridine rings is 1. The van der Waals surface area contributed by atoms with Crippen molar-refractivity contribution in [3.8, 4) is 11.5 Å². The monoisotopic (exact) mass is 353 g/mol. The third-order valence-corrected chi connectivity index (χ3v) is 4.94. The van der Waals surface area contributed by atoms with Crippen LogP contribution in [0.5, 0.6) is 11.5 Å². The molecule has 0 unspecified atom stereocenters. The number of anilines is 1. The van der Waals surface area contributed by atoms with Crippen LogP contribution >= 0.6 is 0 Å². The molecular weight excluding hydrogens is 330 g/mol. The smallest absolute Gasteiger partial charge is 0.254 e. The third kappa shape index (κ3) is 3.19. The molecule has 1 aromatic carbocycles. The van der Waals surface area contributed by atoms with Crippen LogP contribution in [0, 0.1) is 6.92 Å². The molecule has 0 aliphatic carbocycles. The molecule has 1 saturated heterocycles. The van der Waals surface area contributed by atoms with Gasteiger partial charge in [0.25, 0.3) is 5.91 Å². The summed E-state index contributed by atoms with van der Waals surface area (Å²) in [6.45, 7) is 4.49. The number of likely N-dealkylation sites (tertiary alicyclic amines) is 1. The first-order chi connectivity index (χ1) is 12.6. The highest BCUT2D eigenvalue weighted by Gasteiger charge is 2.29. The number of amides is 1. The van der Waals surface area contributed by atoms with E-state index in [-0.39, 0.29) is 11.8 Å². The minimum atomic E-state index is 0.0333. The van der Waals surface area contributed by atoms with E-state index in [2.05, 4.69) is 16.4 Å². The van der Waals surface area contributed by atoms with Crippen molar-refractivity contribution in [2.45, 2.75) is 19.3 Å². The van der Waals surface area contributed by atoms with Gasteiger partial charge in [-0.05, 0) is 43.7 Å². The van der Waals surface area contributed by atoms with Gasteiger partial charge in [0.2, 0.25) is 0 Å². The van der Waals surface area contributed by atoms with E-state index in [4.69, 9.17) is 9.47 Å². The van der Waals surface area contributed by atoms with Gasteiger partial charge in [0, 0.05) is 48.7 Å². The Morgan fingerprint density at radius 2 is 2.00 bits per heavy atom. The Balaban J connectivity index is 1.50. The zero-order valence-corrected chi connectivity index (χ0v) is 15.1. The molecule has 2 aromatic rings. The maximum absolute atomic E-state index is 12.9. The Hall–Kier alpha value is -2.76. The summed E-state index contributed by atoms with van der Waals surface area (Å²) in [4.78, 5) is 19.5. The van der Waals surface area contributed by atoms with Crippen molar-refractivity contribution in [1.29, 1.82) is 0 Å². The van der Waals surface area contributed by atoms with E-state index in [0.717, 1.165) is 30.0 Å². The van der Waals surface area contributed by atoms with Gasteiger partial charge in [-0.25, -0.2) is 0 Å². The predicted octanol–water partition coefficient (Wildman–Crippen LogP) is 2.83. The minimum absolute atomic E-state index is 0.0333. The molecule has 0 saturated carbocycles. The van der Waals surface area contributed by atoms with Crippen LogP contribution in [-0.4, -0.2) is 49.1 Å². The SMILES string of the molecule is CNc1cc(C)nc([C@H]2CCN(C(=O)c3ccc4c(c3)OCCO4)C2)c1. The Bertz CT molecular complexity index is 837. The lowest BCUT2D eigenvalue weighted by Gasteiger charge is -2.21. The van der Waals surface area contributed by atoms with Crippen molar-refractivity contribution in [2.24, 2.45) is 0 Å². The van der Waals surface area contributed by atoms with Gasteiger partial charge in [0.15, 0.2) is 11.5 Å². The molecule has 1 atom stereocenters. The molecule has 0 bridgehead atoms. The van der Waals surface area contributed by atoms with Crippen LogP contribution in [0.2, 0.25) is 0 Å². The number of benzene rings is 1. The van der Waals surface area contributed by atoms with Crippen molar-refractivity contribution < 1.29 is 14.3 Å². The number of aromatic nitrogens is 1. The summed E-state index contributed by atoms with van der Waals surface area (Å²) in [7, 11) is 1.91. The quantitative estimate of drug-likeness (QED) is 0.919. The average molecular weight is 353 g/mol. The third-order valence-electron chi connectivity index (χ3n) is 4.94. The number of nitrogens with one attached hydrogen (secondary N) is 1. The van der Waals surface area contributed by atoms with E-state index in [1.807, 2.05) is 37.1 Å². The number of carbonyl (C=O) groups excluding carboxylic acids is 1. The topological polar surface area (TPSA) is 63.7 Å². The first-order valence-corrected chi connectivity index (χ1v) is 8.99. The summed E-state index contributed by atoms with van der Waals surface area (Å²) in [6.07, 6.45) is 0.926. The van der Waals surface area contributed by atoms with Gasteiger partial charge in [0.1, 0.15) is 13.2 Å². The highest BCUT2D eigenvalue weighted by atomic mass is 16.6. The Kier molecular flexibility index (Phi) is 4.41. The summed E-state index contributed by atoms with van der Waals surface area (Å²) >= 11 is 0. The molecular formula is C20H23N3O3. The van der Waals surface area contributed by atoms with E-state index in [1.165, 1.54) is 0 Å². The maximum atomic E-state index is 12.9. The zero-order chi connectivity index (χ0) is 18.1. The lowest BCUT2D eigenvalue weighted by molar-refractivity contribution is 0.0789. The van der Waals surface area contributed by atoms with Crippen LogP contribution in [-0.2, 0) is 0 Å². The number of rotatable bonds is 3. The summed E-state index contributed by atoms with van der Waals surface area (Å²) in [6, 6.07) is 9.52. The maximum Gasteiger partial charge on any atom is 0.254 e. The standard InChI is InChI=1S/C20H23N3O3/c1-13-9-16(21-2)11-17(22-13)15-5-6-23(12-15)20(24)14-3-4-18-19(10-14)26-8-7-25-18/h3-4,9-11,15H,5-8,12H2,1-2H3,(H,21,22)/t15-/m0/s1. The lowest BCUT2D eigenvalue weighted by atomic mass is 10.0. The molecule has 1 fully saturated rings. The van der Waals surface area contributed by atoms with Crippen molar-refractivity contribution in [3.05, 3.63) is 47.3 Å². The predicted molar refractivity (Wildman–Crippen MR) is 99.2 cm³/mol. The van der Waals surface area contributed by atoms with Gasteiger partial charge >= 0.3 is 0 Å². The number of aryl methyl sites for hydroxylation is 1. The number of nitrogens with zero attached hydrogens (tertiary/aromatic N) is 2. The lowest BCUT2D eigenvalue weighted by Crippen LogP contribution is -2.28. The Morgan fingerprint density at radius 1 is 1.19 bits per heavy atom. The van der Waals surface area contributed by atoms with E-state index in [9.17, 15) is 4.79 Å². The fourth-order valence-electron chi connectivity index (χ4n) is 3.59. The molecule has 0 radical (unpaired) electrons. The van der Waals surface area contributed by atoms with Gasteiger partial charge in [-0.2, -0.15) is 0 Å². The average Bonchev–Trinajstić information content (AvgIpc) is 3.16. The Morgan fingerprint density at radius 3 is 2.81 bits per heavy atom. The van der Waals surface area contributed by atoms with Crippen molar-refractivity contribution in [2.75, 3.05) is 38.7 Å². The molecule has 1 N–H and O–H groups in total. The van der Waals surface area contributed by atoms with E-state index in [0.29, 0.717) is 36.8 Å².